The quantitative estimate of drug-likeness (QED) is 0.834. The zero-order chi connectivity index (χ0) is 12.3. The lowest BCUT2D eigenvalue weighted by atomic mass is 10.2. The maximum atomic E-state index is 10.7. The molecule has 0 aliphatic carbocycles. The number of aromatic nitrogens is 2. The van der Waals surface area contributed by atoms with E-state index in [9.17, 15) is 4.79 Å². The van der Waals surface area contributed by atoms with Gasteiger partial charge in [0.15, 0.2) is 0 Å². The average molecular weight is 237 g/mol. The zero-order valence-corrected chi connectivity index (χ0v) is 9.67. The number of ether oxygens (including phenoxy) is 1. The van der Waals surface area contributed by atoms with Crippen LogP contribution in [0.15, 0.2) is 12.4 Å². The fourth-order valence-electron chi connectivity index (χ4n) is 2.04. The van der Waals surface area contributed by atoms with E-state index < -0.39 is 5.97 Å². The Bertz CT molecular complexity index is 393. The number of carboxylic acid groups (broad SMARTS) is 1. The van der Waals surface area contributed by atoms with Crippen molar-refractivity contribution in [2.75, 3.05) is 25.2 Å². The lowest BCUT2D eigenvalue weighted by Crippen LogP contribution is -2.34. The highest BCUT2D eigenvalue weighted by molar-refractivity contribution is 5.86. The maximum Gasteiger partial charge on any atom is 0.338 e. The Balaban J connectivity index is 2.13. The van der Waals surface area contributed by atoms with Crippen LogP contribution in [0.25, 0.3) is 0 Å². The number of hydrogen-bond acceptors (Lipinski definition) is 5. The topological polar surface area (TPSA) is 75.5 Å². The summed E-state index contributed by atoms with van der Waals surface area (Å²) in [5.41, 5.74) is 0.108. The van der Waals surface area contributed by atoms with Gasteiger partial charge in [0.05, 0.1) is 18.2 Å². The summed E-state index contributed by atoms with van der Waals surface area (Å²) in [5.74, 6) is -0.430. The van der Waals surface area contributed by atoms with Crippen LogP contribution < -0.4 is 4.90 Å². The Morgan fingerprint density at radius 2 is 2.29 bits per heavy atom. The van der Waals surface area contributed by atoms with Gasteiger partial charge in [-0.05, 0) is 12.8 Å². The second kappa shape index (κ2) is 5.09. The highest BCUT2D eigenvalue weighted by Crippen LogP contribution is 2.22. The summed E-state index contributed by atoms with van der Waals surface area (Å²) in [6.07, 6.45) is 4.82. The number of carboxylic acids is 1. The first-order valence-corrected chi connectivity index (χ1v) is 5.53. The fraction of sp³-hybridized carbons (Fsp3) is 0.545. The van der Waals surface area contributed by atoms with Gasteiger partial charge in [-0.15, -0.1) is 0 Å². The molecule has 1 saturated heterocycles. The van der Waals surface area contributed by atoms with E-state index in [1.807, 2.05) is 0 Å². The van der Waals surface area contributed by atoms with Crippen LogP contribution in [0.5, 0.6) is 0 Å². The molecule has 1 fully saturated rings. The number of rotatable bonds is 4. The largest absolute Gasteiger partial charge is 0.478 e. The van der Waals surface area contributed by atoms with Crippen LogP contribution in [0, 0.1) is 0 Å². The molecule has 0 spiro atoms. The summed E-state index contributed by atoms with van der Waals surface area (Å²) in [6, 6.07) is 0.288. The van der Waals surface area contributed by atoms with E-state index in [1.54, 1.807) is 7.11 Å². The molecule has 1 atom stereocenters. The van der Waals surface area contributed by atoms with Crippen LogP contribution in [0.3, 0.4) is 0 Å². The van der Waals surface area contributed by atoms with Crippen LogP contribution in [-0.4, -0.2) is 47.3 Å². The van der Waals surface area contributed by atoms with Gasteiger partial charge in [-0.1, -0.05) is 0 Å². The number of aromatic carboxylic acids is 1. The number of hydrogen-bond donors (Lipinski definition) is 1. The van der Waals surface area contributed by atoms with Crippen molar-refractivity contribution in [2.45, 2.75) is 18.9 Å². The van der Waals surface area contributed by atoms with Gasteiger partial charge >= 0.3 is 5.97 Å². The molecule has 0 radical (unpaired) electrons. The number of methoxy groups -OCH3 is 1. The lowest BCUT2D eigenvalue weighted by Gasteiger charge is -2.23. The summed E-state index contributed by atoms with van der Waals surface area (Å²) in [7, 11) is 1.67. The summed E-state index contributed by atoms with van der Waals surface area (Å²) >= 11 is 0. The monoisotopic (exact) mass is 237 g/mol. The molecule has 1 aromatic heterocycles. The minimum atomic E-state index is -1.01. The van der Waals surface area contributed by atoms with Crippen LogP contribution in [0.1, 0.15) is 23.2 Å². The van der Waals surface area contributed by atoms with Gasteiger partial charge in [-0.2, -0.15) is 0 Å². The minimum absolute atomic E-state index is 0.108. The van der Waals surface area contributed by atoms with E-state index >= 15 is 0 Å². The highest BCUT2D eigenvalue weighted by Gasteiger charge is 2.26. The molecule has 0 saturated carbocycles. The zero-order valence-electron chi connectivity index (χ0n) is 9.67. The van der Waals surface area contributed by atoms with Gasteiger partial charge in [0, 0.05) is 26.0 Å². The van der Waals surface area contributed by atoms with Crippen LogP contribution in [0.4, 0.5) is 5.95 Å². The first-order valence-electron chi connectivity index (χ1n) is 5.53. The number of carbonyl (C=O) groups is 1. The molecule has 0 bridgehead atoms. The molecular formula is C11H15N3O3. The molecule has 92 valence electrons. The normalized spacial score (nSPS) is 19.6. The van der Waals surface area contributed by atoms with Crippen molar-refractivity contribution in [3.63, 3.8) is 0 Å². The molecule has 2 rings (SSSR count). The summed E-state index contributed by atoms with van der Waals surface area (Å²) in [5, 5.41) is 8.76. The second-order valence-electron chi connectivity index (χ2n) is 4.02. The number of nitrogens with zero attached hydrogens (tertiary/aromatic N) is 3. The van der Waals surface area contributed by atoms with Crippen molar-refractivity contribution in [1.82, 2.24) is 9.97 Å². The standard InChI is InChI=1S/C11H15N3O3/c1-17-7-9-3-2-4-14(9)11-12-5-8(6-13-11)10(15)16/h5-6,9H,2-4,7H2,1H3,(H,15,16)/t9-/m1/s1. The lowest BCUT2D eigenvalue weighted by molar-refractivity contribution is 0.0696. The molecule has 1 aliphatic heterocycles. The van der Waals surface area contributed by atoms with E-state index in [0.29, 0.717) is 12.6 Å². The Hall–Kier alpha value is -1.69. The van der Waals surface area contributed by atoms with Crippen molar-refractivity contribution < 1.29 is 14.6 Å². The molecule has 0 aromatic carbocycles. The van der Waals surface area contributed by atoms with E-state index in [1.165, 1.54) is 12.4 Å². The smallest absolute Gasteiger partial charge is 0.338 e. The Morgan fingerprint density at radius 3 is 2.88 bits per heavy atom. The Labute approximate surface area is 99.2 Å². The molecule has 1 N–H and O–H groups in total. The van der Waals surface area contributed by atoms with Crippen molar-refractivity contribution >= 4 is 11.9 Å². The highest BCUT2D eigenvalue weighted by atomic mass is 16.5. The van der Waals surface area contributed by atoms with Crippen LogP contribution in [-0.2, 0) is 4.74 Å². The third-order valence-corrected chi connectivity index (χ3v) is 2.88. The Kier molecular flexibility index (Phi) is 3.53. The van der Waals surface area contributed by atoms with Gasteiger partial charge < -0.3 is 14.7 Å². The van der Waals surface area contributed by atoms with Crippen molar-refractivity contribution in [3.05, 3.63) is 18.0 Å². The molecule has 6 heteroatoms. The summed E-state index contributed by atoms with van der Waals surface area (Å²) < 4.78 is 5.15. The third-order valence-electron chi connectivity index (χ3n) is 2.88. The van der Waals surface area contributed by atoms with Gasteiger partial charge in [0.1, 0.15) is 0 Å². The van der Waals surface area contributed by atoms with Crippen molar-refractivity contribution in [1.29, 1.82) is 0 Å². The van der Waals surface area contributed by atoms with Crippen LogP contribution in [0.2, 0.25) is 0 Å². The second-order valence-corrected chi connectivity index (χ2v) is 4.02. The van der Waals surface area contributed by atoms with Gasteiger partial charge in [-0.3, -0.25) is 0 Å². The predicted octanol–water partition coefficient (Wildman–Crippen LogP) is 0.790. The average Bonchev–Trinajstić information content (AvgIpc) is 2.78. The predicted molar refractivity (Wildman–Crippen MR) is 61.2 cm³/mol. The SMILES string of the molecule is COC[C@H]1CCCN1c1ncc(C(=O)O)cn1. The van der Waals surface area contributed by atoms with Gasteiger partial charge in [0.25, 0.3) is 0 Å². The third kappa shape index (κ3) is 2.52. The van der Waals surface area contributed by atoms with Gasteiger partial charge in [0.2, 0.25) is 5.95 Å². The molecule has 1 aromatic rings. The van der Waals surface area contributed by atoms with Crippen molar-refractivity contribution in [2.24, 2.45) is 0 Å². The first kappa shape index (κ1) is 11.8. The maximum absolute atomic E-state index is 10.7. The summed E-state index contributed by atoms with van der Waals surface area (Å²) in [4.78, 5) is 20.9. The molecule has 6 nitrogen and oxygen atoms in total. The molecule has 17 heavy (non-hydrogen) atoms. The molecule has 0 amide bonds. The van der Waals surface area contributed by atoms with E-state index in [4.69, 9.17) is 9.84 Å². The Morgan fingerprint density at radius 1 is 1.59 bits per heavy atom. The molecule has 1 aliphatic rings. The fourth-order valence-corrected chi connectivity index (χ4v) is 2.04. The molecule has 0 unspecified atom stereocenters. The molecule has 2 heterocycles. The minimum Gasteiger partial charge on any atom is -0.478 e. The summed E-state index contributed by atoms with van der Waals surface area (Å²) in [6.45, 7) is 1.53. The van der Waals surface area contributed by atoms with Crippen LogP contribution >= 0.6 is 0 Å². The first-order chi connectivity index (χ1) is 8.22. The van der Waals surface area contributed by atoms with E-state index in [-0.39, 0.29) is 11.6 Å². The van der Waals surface area contributed by atoms with E-state index in [0.717, 1.165) is 19.4 Å². The van der Waals surface area contributed by atoms with Crippen molar-refractivity contribution in [3.8, 4) is 0 Å². The van der Waals surface area contributed by atoms with Gasteiger partial charge in [-0.25, -0.2) is 14.8 Å². The number of anilines is 1. The van der Waals surface area contributed by atoms with E-state index in [2.05, 4.69) is 14.9 Å². The molecular weight excluding hydrogens is 222 g/mol.